The maximum absolute atomic E-state index is 13.8. The number of amides is 1. The SMILES string of the molecule is CC(=NC1CCN(C(=O)OC(C)(C)C)CC1)/C(=N\N)c1cc(OC(CO[Si](C)(C)C(C)(C)C)c2ccc(F)cn2)c2cc[nH][n+]2c1. The fraction of sp³-hybridized carbons (Fsp3) is 0.545. The largest absolute Gasteiger partial charge is 0.475 e. The Morgan fingerprint density at radius 2 is 1.89 bits per heavy atom. The molecule has 1 aliphatic heterocycles. The van der Waals surface area contributed by atoms with Crippen LogP contribution in [0, 0.1) is 5.82 Å². The summed E-state index contributed by atoms with van der Waals surface area (Å²) in [7, 11) is -2.14. The minimum Gasteiger partial charge on any atom is -0.475 e. The van der Waals surface area contributed by atoms with Crippen LogP contribution in [-0.2, 0) is 9.16 Å². The number of hydrogen-bond donors (Lipinski definition) is 2. The van der Waals surface area contributed by atoms with Crippen molar-refractivity contribution < 1.29 is 27.6 Å². The van der Waals surface area contributed by atoms with E-state index in [9.17, 15) is 9.18 Å². The van der Waals surface area contributed by atoms with Gasteiger partial charge in [0.25, 0.3) is 5.52 Å². The maximum atomic E-state index is 13.8. The molecule has 1 aliphatic rings. The van der Waals surface area contributed by atoms with Crippen LogP contribution in [0.5, 0.6) is 5.75 Å². The smallest absolute Gasteiger partial charge is 0.410 e. The lowest BCUT2D eigenvalue weighted by atomic mass is 10.0. The van der Waals surface area contributed by atoms with Gasteiger partial charge in [0.15, 0.2) is 20.2 Å². The van der Waals surface area contributed by atoms with E-state index in [2.05, 4.69) is 49.0 Å². The molecule has 0 radical (unpaired) electrons. The third-order valence-electron chi connectivity index (χ3n) is 8.51. The van der Waals surface area contributed by atoms with Gasteiger partial charge in [-0.1, -0.05) is 25.3 Å². The predicted molar refractivity (Wildman–Crippen MR) is 179 cm³/mol. The van der Waals surface area contributed by atoms with Gasteiger partial charge in [-0.3, -0.25) is 9.98 Å². The molecule has 3 aromatic rings. The quantitative estimate of drug-likeness (QED) is 0.0964. The molecule has 3 aromatic heterocycles. The molecule has 1 unspecified atom stereocenters. The number of nitrogens with one attached hydrogen (secondary N) is 1. The van der Waals surface area contributed by atoms with E-state index in [-0.39, 0.29) is 23.8 Å². The zero-order chi connectivity index (χ0) is 33.9. The van der Waals surface area contributed by atoms with Gasteiger partial charge in [0, 0.05) is 25.2 Å². The summed E-state index contributed by atoms with van der Waals surface area (Å²) in [4.78, 5) is 23.5. The standard InChI is InChI=1S/C33H48FN7O4Si/c1-22(38-25-13-16-40(17-14-25)31(42)45-32(2,3)4)30(39-35)23-18-28(27-12-15-37-41(27)20-23)44-29(26-11-10-24(34)19-36-26)21-43-46(8,9)33(5,6)7/h10-12,15,18-20,25,29H,13-14,16-17,21H2,1-9H3,(H2,35,38)/p+1. The van der Waals surface area contributed by atoms with Crippen LogP contribution in [0.1, 0.15) is 78.7 Å². The van der Waals surface area contributed by atoms with E-state index in [0.29, 0.717) is 54.4 Å². The van der Waals surface area contributed by atoms with E-state index in [0.717, 1.165) is 5.52 Å². The van der Waals surface area contributed by atoms with E-state index in [1.807, 2.05) is 56.7 Å². The third-order valence-corrected chi connectivity index (χ3v) is 13.0. The van der Waals surface area contributed by atoms with Gasteiger partial charge in [-0.05, 0) is 70.8 Å². The van der Waals surface area contributed by atoms with Gasteiger partial charge in [0.2, 0.25) is 6.20 Å². The molecule has 1 amide bonds. The van der Waals surface area contributed by atoms with Crippen LogP contribution in [0.25, 0.3) is 5.52 Å². The first-order valence-electron chi connectivity index (χ1n) is 15.7. The molecule has 4 heterocycles. The number of ether oxygens (including phenoxy) is 2. The van der Waals surface area contributed by atoms with Gasteiger partial charge in [0.1, 0.15) is 17.1 Å². The number of nitrogens with two attached hydrogens (primary N) is 1. The summed E-state index contributed by atoms with van der Waals surface area (Å²) in [5.74, 6) is 6.09. The molecular weight excluding hydrogens is 605 g/mol. The zero-order valence-corrected chi connectivity index (χ0v) is 29.6. The van der Waals surface area contributed by atoms with Crippen molar-refractivity contribution in [3.8, 4) is 5.75 Å². The number of piperidine rings is 1. The summed E-state index contributed by atoms with van der Waals surface area (Å²) in [5, 5.41) is 7.31. The molecule has 13 heteroatoms. The third kappa shape index (κ3) is 8.69. The van der Waals surface area contributed by atoms with E-state index in [1.54, 1.807) is 11.0 Å². The van der Waals surface area contributed by atoms with Crippen LogP contribution in [0.2, 0.25) is 18.1 Å². The highest BCUT2D eigenvalue weighted by molar-refractivity contribution is 6.74. The predicted octanol–water partition coefficient (Wildman–Crippen LogP) is 5.95. The topological polar surface area (TPSA) is 132 Å². The Hall–Kier alpha value is -3.84. The molecule has 0 saturated carbocycles. The molecule has 4 rings (SSSR count). The molecule has 1 atom stereocenters. The summed E-state index contributed by atoms with van der Waals surface area (Å²) in [6.07, 6.45) is 5.38. The normalized spacial score (nSPS) is 16.5. The summed E-state index contributed by atoms with van der Waals surface area (Å²) in [6.45, 7) is 19.7. The Balaban J connectivity index is 1.58. The van der Waals surface area contributed by atoms with Gasteiger partial charge in [-0.25, -0.2) is 9.18 Å². The Kier molecular flexibility index (Phi) is 10.6. The number of fused-ring (bicyclic) bond motifs is 1. The van der Waals surface area contributed by atoms with Gasteiger partial charge in [-0.2, -0.15) is 10.2 Å². The van der Waals surface area contributed by atoms with Crippen molar-refractivity contribution in [2.24, 2.45) is 15.9 Å². The fourth-order valence-electron chi connectivity index (χ4n) is 4.90. The number of H-pyrrole nitrogens is 1. The lowest BCUT2D eigenvalue weighted by Crippen LogP contribution is -2.42. The number of carbonyl (C=O) groups is 1. The Bertz CT molecular complexity index is 1570. The molecule has 0 bridgehead atoms. The first-order valence-corrected chi connectivity index (χ1v) is 18.6. The second-order valence-corrected chi connectivity index (χ2v) is 19.1. The van der Waals surface area contributed by atoms with Gasteiger partial charge in [0.05, 0.1) is 42.0 Å². The molecule has 1 saturated heterocycles. The lowest BCUT2D eigenvalue weighted by Gasteiger charge is -2.37. The lowest BCUT2D eigenvalue weighted by molar-refractivity contribution is -0.577. The monoisotopic (exact) mass is 654 g/mol. The number of rotatable bonds is 9. The number of likely N-dealkylation sites (tertiary alicyclic amines) is 1. The molecular formula is C33H49FN7O4Si+. The van der Waals surface area contributed by atoms with Gasteiger partial charge < -0.3 is 24.6 Å². The molecule has 3 N–H and O–H groups in total. The van der Waals surface area contributed by atoms with Crippen molar-refractivity contribution in [1.29, 1.82) is 0 Å². The van der Waals surface area contributed by atoms with Crippen molar-refractivity contribution in [2.75, 3.05) is 19.7 Å². The molecule has 250 valence electrons. The minimum atomic E-state index is -2.14. The Morgan fingerprint density at radius 3 is 2.48 bits per heavy atom. The summed E-state index contributed by atoms with van der Waals surface area (Å²) < 4.78 is 34.4. The highest BCUT2D eigenvalue weighted by Gasteiger charge is 2.38. The molecule has 0 aromatic carbocycles. The summed E-state index contributed by atoms with van der Waals surface area (Å²) in [5.41, 5.74) is 2.68. The number of halogens is 1. The van der Waals surface area contributed by atoms with Crippen molar-refractivity contribution in [1.82, 2.24) is 15.0 Å². The van der Waals surface area contributed by atoms with E-state index in [4.69, 9.17) is 24.7 Å². The average Bonchev–Trinajstić information content (AvgIpc) is 3.44. The average molecular weight is 655 g/mol. The Morgan fingerprint density at radius 1 is 1.20 bits per heavy atom. The molecule has 46 heavy (non-hydrogen) atoms. The van der Waals surface area contributed by atoms with Crippen molar-refractivity contribution >= 4 is 31.4 Å². The number of aromatic nitrogens is 3. The van der Waals surface area contributed by atoms with E-state index in [1.165, 1.54) is 12.3 Å². The van der Waals surface area contributed by atoms with Gasteiger partial charge >= 0.3 is 6.09 Å². The van der Waals surface area contributed by atoms with Crippen molar-refractivity contribution in [3.05, 3.63) is 59.9 Å². The first-order chi connectivity index (χ1) is 21.5. The van der Waals surface area contributed by atoms with E-state index >= 15 is 0 Å². The number of aliphatic imine (C=N–C) groups is 1. The minimum absolute atomic E-state index is 0.00679. The van der Waals surface area contributed by atoms with Crippen LogP contribution in [0.15, 0.2) is 52.9 Å². The number of aromatic amines is 1. The number of hydrogen-bond acceptors (Lipinski definition) is 8. The highest BCUT2D eigenvalue weighted by Crippen LogP contribution is 2.37. The number of nitrogens with zero attached hydrogens (tertiary/aromatic N) is 5. The summed E-state index contributed by atoms with van der Waals surface area (Å²) in [6, 6.07) is 6.79. The first kappa shape index (κ1) is 35.0. The number of carbonyl (C=O) groups excluding carboxylic acids is 1. The number of hydrazone groups is 1. The van der Waals surface area contributed by atoms with Crippen molar-refractivity contribution in [3.63, 3.8) is 0 Å². The fourth-order valence-corrected chi connectivity index (χ4v) is 5.90. The van der Waals surface area contributed by atoms with Gasteiger partial charge in [-0.15, -0.1) is 0 Å². The summed E-state index contributed by atoms with van der Waals surface area (Å²) >= 11 is 0. The highest BCUT2D eigenvalue weighted by atomic mass is 28.4. The van der Waals surface area contributed by atoms with Crippen LogP contribution in [0.3, 0.4) is 0 Å². The molecule has 0 spiro atoms. The second kappa shape index (κ2) is 13.9. The van der Waals surface area contributed by atoms with Crippen LogP contribution in [-0.4, -0.2) is 72.2 Å². The zero-order valence-electron chi connectivity index (χ0n) is 28.6. The van der Waals surface area contributed by atoms with E-state index < -0.39 is 25.8 Å². The van der Waals surface area contributed by atoms with Crippen LogP contribution >= 0.6 is 0 Å². The molecule has 0 aliphatic carbocycles. The molecule has 11 nitrogen and oxygen atoms in total. The van der Waals surface area contributed by atoms with Crippen molar-refractivity contribution in [2.45, 2.75) is 97.2 Å². The number of pyridine rings is 2. The maximum Gasteiger partial charge on any atom is 0.410 e. The second-order valence-electron chi connectivity index (χ2n) is 14.3. The molecule has 1 fully saturated rings. The van der Waals surface area contributed by atoms with Crippen LogP contribution in [0.4, 0.5) is 9.18 Å². The Labute approximate surface area is 272 Å². The van der Waals surface area contributed by atoms with Crippen LogP contribution < -0.4 is 15.1 Å².